The Morgan fingerprint density at radius 2 is 1.18 bits per heavy atom. The second-order valence-corrected chi connectivity index (χ2v) is 12.5. The maximum Gasteiger partial charge on any atom is 0.164 e. The van der Waals surface area contributed by atoms with Crippen LogP contribution in [-0.2, 0) is 0 Å². The maximum atomic E-state index is 11.4. The third-order valence-electron chi connectivity index (χ3n) is 8.34. The molecular formula is C40H45N3O2. The van der Waals surface area contributed by atoms with Crippen LogP contribution in [0.5, 0.6) is 11.5 Å². The van der Waals surface area contributed by atoms with Gasteiger partial charge in [-0.25, -0.2) is 15.0 Å². The highest BCUT2D eigenvalue weighted by Gasteiger charge is 2.21. The fraction of sp³-hybridized carbons (Fsp3) is 0.325. The molecule has 0 radical (unpaired) electrons. The van der Waals surface area contributed by atoms with Gasteiger partial charge in [0.05, 0.1) is 6.61 Å². The van der Waals surface area contributed by atoms with E-state index in [0.717, 1.165) is 63.1 Å². The normalized spacial score (nSPS) is 11.3. The molecule has 0 atom stereocenters. The Balaban J connectivity index is 1.66. The number of ether oxygens (including phenoxy) is 1. The summed E-state index contributed by atoms with van der Waals surface area (Å²) in [5.41, 5.74) is 10.0. The predicted octanol–water partition coefficient (Wildman–Crippen LogP) is 10.6. The lowest BCUT2D eigenvalue weighted by molar-refractivity contribution is 0.299. The van der Waals surface area contributed by atoms with Crippen molar-refractivity contribution in [3.05, 3.63) is 101 Å². The summed E-state index contributed by atoms with van der Waals surface area (Å²) in [5, 5.41) is 11.4. The van der Waals surface area contributed by atoms with Crippen molar-refractivity contribution in [2.45, 2.75) is 80.1 Å². The molecular weight excluding hydrogens is 554 g/mol. The van der Waals surface area contributed by atoms with Crippen LogP contribution in [0, 0.1) is 27.7 Å². The Morgan fingerprint density at radius 1 is 0.622 bits per heavy atom. The van der Waals surface area contributed by atoms with Crippen LogP contribution in [0.1, 0.15) is 80.2 Å². The number of phenolic OH excluding ortho intramolecular Hbond substituents is 1. The first-order valence-electron chi connectivity index (χ1n) is 16.2. The third-order valence-corrected chi connectivity index (χ3v) is 8.34. The summed E-state index contributed by atoms with van der Waals surface area (Å²) in [4.78, 5) is 15.1. The number of aromatic hydroxyl groups is 1. The van der Waals surface area contributed by atoms with Crippen molar-refractivity contribution in [3.8, 4) is 56.8 Å². The Morgan fingerprint density at radius 3 is 1.71 bits per heavy atom. The van der Waals surface area contributed by atoms with E-state index in [9.17, 15) is 5.11 Å². The molecule has 1 aromatic heterocycles. The van der Waals surface area contributed by atoms with Crippen molar-refractivity contribution in [1.29, 1.82) is 0 Å². The van der Waals surface area contributed by atoms with E-state index in [1.54, 1.807) is 6.07 Å². The first kappa shape index (κ1) is 31.9. The summed E-state index contributed by atoms with van der Waals surface area (Å²) in [6.45, 7) is 15.5. The average Bonchev–Trinajstić information content (AvgIpc) is 3.00. The van der Waals surface area contributed by atoms with Gasteiger partial charge in [0.2, 0.25) is 0 Å². The Bertz CT molecular complexity index is 1740. The molecule has 0 bridgehead atoms. The number of unbranched alkanes of at least 4 members (excludes halogenated alkanes) is 3. The molecule has 0 spiro atoms. The number of nitrogens with zero attached hydrogens (tertiary/aromatic N) is 3. The van der Waals surface area contributed by atoms with Gasteiger partial charge < -0.3 is 9.84 Å². The highest BCUT2D eigenvalue weighted by molar-refractivity contribution is 5.85. The fourth-order valence-electron chi connectivity index (χ4n) is 5.87. The van der Waals surface area contributed by atoms with Crippen molar-refractivity contribution in [2.24, 2.45) is 0 Å². The standard InChI is InChI=1S/C40H45N3O2/c1-8-9-10-13-20-45-37-24-36(44)35(23-34(37)25(2)3)32-14-11-12-15-33(32)40-42-38(30-18-16-26(4)21-28(30)6)41-39(43-40)31-19-17-27(5)22-29(31)7/h11-12,14-19,21-25,44H,8-10,13,20H2,1-7H3. The van der Waals surface area contributed by atoms with E-state index >= 15 is 0 Å². The van der Waals surface area contributed by atoms with Gasteiger partial charge in [0, 0.05) is 28.3 Å². The van der Waals surface area contributed by atoms with Crippen LogP contribution in [0.4, 0.5) is 0 Å². The van der Waals surface area contributed by atoms with Crippen LogP contribution in [0.15, 0.2) is 72.8 Å². The van der Waals surface area contributed by atoms with Crippen LogP contribution >= 0.6 is 0 Å². The molecule has 0 fully saturated rings. The van der Waals surface area contributed by atoms with Crippen LogP contribution in [-0.4, -0.2) is 26.7 Å². The number of hydrogen-bond donors (Lipinski definition) is 1. The molecule has 5 heteroatoms. The van der Waals surface area contributed by atoms with Crippen LogP contribution in [0.25, 0.3) is 45.3 Å². The topological polar surface area (TPSA) is 68.1 Å². The molecule has 0 aliphatic heterocycles. The van der Waals surface area contributed by atoms with Gasteiger partial charge in [0.1, 0.15) is 11.5 Å². The van der Waals surface area contributed by atoms with E-state index in [2.05, 4.69) is 90.9 Å². The molecule has 0 aliphatic carbocycles. The van der Waals surface area contributed by atoms with Crippen LogP contribution < -0.4 is 4.74 Å². The minimum Gasteiger partial charge on any atom is -0.507 e. The van der Waals surface area contributed by atoms with E-state index in [4.69, 9.17) is 19.7 Å². The predicted molar refractivity (Wildman–Crippen MR) is 186 cm³/mol. The molecule has 0 amide bonds. The third kappa shape index (κ3) is 7.25. The van der Waals surface area contributed by atoms with Gasteiger partial charge in [0.25, 0.3) is 0 Å². The lowest BCUT2D eigenvalue weighted by Crippen LogP contribution is -2.04. The summed E-state index contributed by atoms with van der Waals surface area (Å²) < 4.78 is 6.21. The van der Waals surface area contributed by atoms with Crippen LogP contribution in [0.3, 0.4) is 0 Å². The van der Waals surface area contributed by atoms with E-state index in [1.165, 1.54) is 24.0 Å². The Labute approximate surface area is 268 Å². The van der Waals surface area contributed by atoms with E-state index < -0.39 is 0 Å². The minimum absolute atomic E-state index is 0.175. The van der Waals surface area contributed by atoms with Gasteiger partial charge in [-0.15, -0.1) is 0 Å². The quantitative estimate of drug-likeness (QED) is 0.153. The highest BCUT2D eigenvalue weighted by Crippen LogP contribution is 2.42. The van der Waals surface area contributed by atoms with Crippen molar-refractivity contribution in [3.63, 3.8) is 0 Å². The van der Waals surface area contributed by atoms with E-state index in [0.29, 0.717) is 24.1 Å². The van der Waals surface area contributed by atoms with E-state index in [1.807, 2.05) is 24.3 Å². The monoisotopic (exact) mass is 599 g/mol. The molecule has 0 saturated carbocycles. The van der Waals surface area contributed by atoms with Crippen molar-refractivity contribution in [1.82, 2.24) is 15.0 Å². The van der Waals surface area contributed by atoms with E-state index in [-0.39, 0.29) is 11.7 Å². The molecule has 5 nitrogen and oxygen atoms in total. The van der Waals surface area contributed by atoms with Gasteiger partial charge in [-0.3, -0.25) is 0 Å². The first-order chi connectivity index (χ1) is 21.7. The fourth-order valence-corrected chi connectivity index (χ4v) is 5.87. The van der Waals surface area contributed by atoms with Crippen LogP contribution in [0.2, 0.25) is 0 Å². The summed E-state index contributed by atoms with van der Waals surface area (Å²) in [6, 6.07) is 24.5. The molecule has 1 N–H and O–H groups in total. The van der Waals surface area contributed by atoms with Gasteiger partial charge in [-0.1, -0.05) is 112 Å². The zero-order valence-electron chi connectivity index (χ0n) is 27.7. The lowest BCUT2D eigenvalue weighted by Gasteiger charge is -2.19. The zero-order valence-corrected chi connectivity index (χ0v) is 27.7. The molecule has 232 valence electrons. The summed E-state index contributed by atoms with van der Waals surface area (Å²) in [6.07, 6.45) is 4.53. The highest BCUT2D eigenvalue weighted by atomic mass is 16.5. The SMILES string of the molecule is CCCCCCOc1cc(O)c(-c2ccccc2-c2nc(-c3ccc(C)cc3C)nc(-c3ccc(C)cc3C)n2)cc1C(C)C. The molecule has 5 aromatic rings. The Hall–Kier alpha value is -4.51. The number of hydrogen-bond acceptors (Lipinski definition) is 5. The smallest absolute Gasteiger partial charge is 0.164 e. The number of phenols is 1. The lowest BCUT2D eigenvalue weighted by atomic mass is 9.92. The van der Waals surface area contributed by atoms with Crippen molar-refractivity contribution >= 4 is 0 Å². The zero-order chi connectivity index (χ0) is 32.1. The second-order valence-electron chi connectivity index (χ2n) is 12.5. The van der Waals surface area contributed by atoms with Crippen molar-refractivity contribution < 1.29 is 9.84 Å². The van der Waals surface area contributed by atoms with Gasteiger partial charge in [-0.05, 0) is 68.4 Å². The molecule has 45 heavy (non-hydrogen) atoms. The summed E-state index contributed by atoms with van der Waals surface area (Å²) >= 11 is 0. The molecule has 0 aliphatic rings. The van der Waals surface area contributed by atoms with Crippen molar-refractivity contribution in [2.75, 3.05) is 6.61 Å². The molecule has 1 heterocycles. The second kappa shape index (κ2) is 14.1. The van der Waals surface area contributed by atoms with Gasteiger partial charge in [-0.2, -0.15) is 0 Å². The minimum atomic E-state index is 0.175. The van der Waals surface area contributed by atoms with Gasteiger partial charge >= 0.3 is 0 Å². The number of rotatable bonds is 11. The van der Waals surface area contributed by atoms with Gasteiger partial charge in [0.15, 0.2) is 17.5 Å². The summed E-state index contributed by atoms with van der Waals surface area (Å²) in [7, 11) is 0. The molecule has 0 unspecified atom stereocenters. The number of benzene rings is 4. The first-order valence-corrected chi connectivity index (χ1v) is 16.2. The number of aromatic nitrogens is 3. The summed E-state index contributed by atoms with van der Waals surface area (Å²) in [5.74, 6) is 2.95. The Kier molecular flexibility index (Phi) is 9.97. The largest absolute Gasteiger partial charge is 0.507 e. The number of aryl methyl sites for hydroxylation is 4. The molecule has 5 rings (SSSR count). The molecule has 0 saturated heterocycles. The maximum absolute atomic E-state index is 11.4. The average molecular weight is 600 g/mol. The molecule has 4 aromatic carbocycles.